The monoisotopic (exact) mass is 395 g/mol. The molecule has 1 aliphatic heterocycles. The van der Waals surface area contributed by atoms with Crippen LogP contribution in [0, 0.1) is 13.8 Å². The van der Waals surface area contributed by atoms with E-state index in [0.29, 0.717) is 11.5 Å². The number of rotatable bonds is 4. The number of nitrogens with zero attached hydrogens (tertiary/aromatic N) is 3. The van der Waals surface area contributed by atoms with Crippen LogP contribution in [0.3, 0.4) is 0 Å². The number of piperidine rings is 1. The second kappa shape index (κ2) is 7.20. The lowest BCUT2D eigenvalue weighted by Gasteiger charge is -2.36. The van der Waals surface area contributed by atoms with Crippen LogP contribution in [-0.4, -0.2) is 46.0 Å². The highest BCUT2D eigenvalue weighted by Gasteiger charge is 2.41. The first-order valence-corrected chi connectivity index (χ1v) is 12.0. The maximum Gasteiger partial charge on any atom is 0.421 e. The Morgan fingerprint density at radius 3 is 2.41 bits per heavy atom. The zero-order valence-electron chi connectivity index (χ0n) is 17.1. The number of imide groups is 3. The van der Waals surface area contributed by atoms with Gasteiger partial charge in [-0.1, -0.05) is 20.8 Å². The molecule has 27 heavy (non-hydrogen) atoms. The van der Waals surface area contributed by atoms with Crippen molar-refractivity contribution in [3.63, 3.8) is 0 Å². The summed E-state index contributed by atoms with van der Waals surface area (Å²) in [6.45, 7) is 14.9. The summed E-state index contributed by atoms with van der Waals surface area (Å²) < 4.78 is 7.83. The third-order valence-electron chi connectivity index (χ3n) is 5.73. The first kappa shape index (κ1) is 21.3. The topological polar surface area (TPSA) is 102 Å². The van der Waals surface area contributed by atoms with Crippen LogP contribution in [0.25, 0.3) is 0 Å². The van der Waals surface area contributed by atoms with Gasteiger partial charge >= 0.3 is 6.09 Å². The minimum absolute atomic E-state index is 0.00312. The van der Waals surface area contributed by atoms with Gasteiger partial charge in [-0.15, -0.1) is 0 Å². The van der Waals surface area contributed by atoms with E-state index in [-0.39, 0.29) is 17.9 Å². The van der Waals surface area contributed by atoms with E-state index in [4.69, 9.17) is 9.53 Å². The van der Waals surface area contributed by atoms with E-state index in [2.05, 4.69) is 39.0 Å². The van der Waals surface area contributed by atoms with Crippen LogP contribution in [0.5, 0.6) is 0 Å². The molecule has 0 saturated carbocycles. The van der Waals surface area contributed by atoms with Crippen LogP contribution in [0.15, 0.2) is 0 Å². The zero-order chi connectivity index (χ0) is 20.7. The van der Waals surface area contributed by atoms with Gasteiger partial charge < -0.3 is 9.53 Å². The van der Waals surface area contributed by atoms with Gasteiger partial charge in [-0.25, -0.2) is 4.79 Å². The number of hydrogen-bond acceptors (Lipinski definition) is 5. The Balaban J connectivity index is 2.29. The van der Waals surface area contributed by atoms with E-state index in [1.807, 2.05) is 13.8 Å². The Hall–Kier alpha value is -2.00. The summed E-state index contributed by atoms with van der Waals surface area (Å²) in [5.74, 6) is -1.44. The largest absolute Gasteiger partial charge is 0.464 e. The molecule has 1 unspecified atom stereocenters. The highest BCUT2D eigenvalue weighted by Crippen LogP contribution is 2.37. The maximum absolute atomic E-state index is 12.5. The summed E-state index contributed by atoms with van der Waals surface area (Å²) >= 11 is 0. The van der Waals surface area contributed by atoms with Crippen molar-refractivity contribution in [1.82, 2.24) is 14.7 Å². The second-order valence-electron chi connectivity index (χ2n) is 8.55. The molecule has 1 aromatic rings. The molecule has 0 radical (unpaired) electrons. The van der Waals surface area contributed by atoms with Gasteiger partial charge in [-0.2, -0.15) is 10.00 Å². The molecule has 1 aliphatic rings. The number of hydrogen-bond donors (Lipinski definition) is 1. The average Bonchev–Trinajstić information content (AvgIpc) is 2.78. The van der Waals surface area contributed by atoms with Crippen molar-refractivity contribution in [3.05, 3.63) is 17.0 Å². The molecule has 1 fully saturated rings. The van der Waals surface area contributed by atoms with Crippen molar-refractivity contribution < 1.29 is 23.9 Å². The first-order chi connectivity index (χ1) is 12.3. The third kappa shape index (κ3) is 3.98. The van der Waals surface area contributed by atoms with Crippen molar-refractivity contribution in [1.29, 1.82) is 0 Å². The Kier molecular flexibility index (Phi) is 5.68. The van der Waals surface area contributed by atoms with E-state index in [9.17, 15) is 14.4 Å². The molecule has 0 aromatic carbocycles. The number of aryl methyl sites for hydroxylation is 1. The van der Waals surface area contributed by atoms with Crippen molar-refractivity contribution in [3.8, 4) is 0 Å². The lowest BCUT2D eigenvalue weighted by atomic mass is 10.0. The normalized spacial score (nSPS) is 18.9. The standard InChI is InChI=1S/C18H29N3O5Si/c1-11-13(10-26-27(6,7)18(3,4)5)12(2)21(19-11)14-8-9-15(22)20(16(14)23)17(24)25/h14H,8-10H2,1-7H3,(H,24,25). The molecule has 1 saturated heterocycles. The van der Waals surface area contributed by atoms with Crippen molar-refractivity contribution in [2.45, 2.75) is 78.2 Å². The quantitative estimate of drug-likeness (QED) is 0.619. The van der Waals surface area contributed by atoms with Gasteiger partial charge in [0.2, 0.25) is 5.91 Å². The van der Waals surface area contributed by atoms with E-state index >= 15 is 0 Å². The molecule has 1 aromatic heterocycles. The third-order valence-corrected chi connectivity index (χ3v) is 10.2. The second-order valence-corrected chi connectivity index (χ2v) is 13.4. The van der Waals surface area contributed by atoms with Gasteiger partial charge in [0.1, 0.15) is 6.04 Å². The SMILES string of the molecule is Cc1nn(C2CCC(=O)N(C(=O)O)C2=O)c(C)c1CO[Si](C)(C)C(C)(C)C. The Morgan fingerprint density at radius 1 is 1.30 bits per heavy atom. The van der Waals surface area contributed by atoms with Crippen LogP contribution < -0.4 is 0 Å². The summed E-state index contributed by atoms with van der Waals surface area (Å²) in [4.78, 5) is 35.9. The molecule has 1 atom stereocenters. The fourth-order valence-corrected chi connectivity index (χ4v) is 3.81. The minimum Gasteiger partial charge on any atom is -0.464 e. The number of carbonyl (C=O) groups is 3. The number of carbonyl (C=O) groups excluding carboxylic acids is 2. The lowest BCUT2D eigenvalue weighted by molar-refractivity contribution is -0.148. The molecule has 0 aliphatic carbocycles. The fourth-order valence-electron chi connectivity index (χ4n) is 2.87. The Labute approximate surface area is 160 Å². The van der Waals surface area contributed by atoms with Gasteiger partial charge in [-0.05, 0) is 38.4 Å². The fraction of sp³-hybridized carbons (Fsp3) is 0.667. The number of aromatic nitrogens is 2. The maximum atomic E-state index is 12.5. The van der Waals surface area contributed by atoms with Crippen LogP contribution in [-0.2, 0) is 20.6 Å². The highest BCUT2D eigenvalue weighted by atomic mass is 28.4. The first-order valence-electron chi connectivity index (χ1n) is 9.06. The zero-order valence-corrected chi connectivity index (χ0v) is 18.1. The highest BCUT2D eigenvalue weighted by molar-refractivity contribution is 6.74. The molecule has 1 N–H and O–H groups in total. The molecule has 150 valence electrons. The molecule has 3 amide bonds. The number of likely N-dealkylation sites (tertiary alicyclic amines) is 1. The minimum atomic E-state index is -1.95. The predicted molar refractivity (Wildman–Crippen MR) is 102 cm³/mol. The van der Waals surface area contributed by atoms with Crippen molar-refractivity contribution >= 4 is 26.2 Å². The molecule has 0 spiro atoms. The molecule has 9 heteroatoms. The van der Waals surface area contributed by atoms with E-state index in [1.54, 1.807) is 4.68 Å². The summed E-state index contributed by atoms with van der Waals surface area (Å²) in [5, 5.41) is 13.7. The van der Waals surface area contributed by atoms with E-state index in [0.717, 1.165) is 17.0 Å². The molecule has 2 heterocycles. The molecule has 0 bridgehead atoms. The summed E-state index contributed by atoms with van der Waals surface area (Å²) in [6, 6.07) is -0.792. The summed E-state index contributed by atoms with van der Waals surface area (Å²) in [5.41, 5.74) is 2.42. The number of amides is 3. The van der Waals surface area contributed by atoms with Crippen LogP contribution in [0.2, 0.25) is 18.1 Å². The van der Waals surface area contributed by atoms with E-state index < -0.39 is 32.3 Å². The molecular weight excluding hydrogens is 366 g/mol. The van der Waals surface area contributed by atoms with Crippen LogP contribution >= 0.6 is 0 Å². The van der Waals surface area contributed by atoms with E-state index in [1.165, 1.54) is 0 Å². The van der Waals surface area contributed by atoms with Crippen molar-refractivity contribution in [2.75, 3.05) is 0 Å². The predicted octanol–water partition coefficient (Wildman–Crippen LogP) is 3.39. The smallest absolute Gasteiger partial charge is 0.421 e. The Morgan fingerprint density at radius 2 is 1.89 bits per heavy atom. The van der Waals surface area contributed by atoms with Crippen LogP contribution in [0.1, 0.15) is 56.6 Å². The number of carboxylic acid groups (broad SMARTS) is 1. The average molecular weight is 396 g/mol. The molecular formula is C18H29N3O5Si. The van der Waals surface area contributed by atoms with Crippen molar-refractivity contribution in [2.24, 2.45) is 0 Å². The van der Waals surface area contributed by atoms with Gasteiger partial charge in [0, 0.05) is 17.7 Å². The van der Waals surface area contributed by atoms with Gasteiger partial charge in [0.25, 0.3) is 5.91 Å². The Bertz CT molecular complexity index is 779. The molecule has 2 rings (SSSR count). The lowest BCUT2D eigenvalue weighted by Crippen LogP contribution is -2.48. The molecule has 8 nitrogen and oxygen atoms in total. The summed E-state index contributed by atoms with van der Waals surface area (Å²) in [6.07, 6.45) is -1.30. The summed E-state index contributed by atoms with van der Waals surface area (Å²) in [7, 11) is -1.95. The van der Waals surface area contributed by atoms with Gasteiger partial charge in [0.05, 0.1) is 12.3 Å². The van der Waals surface area contributed by atoms with Gasteiger partial charge in [-0.3, -0.25) is 14.3 Å². The van der Waals surface area contributed by atoms with Gasteiger partial charge in [0.15, 0.2) is 8.32 Å². The van der Waals surface area contributed by atoms with Crippen LogP contribution in [0.4, 0.5) is 4.79 Å².